The van der Waals surface area contributed by atoms with E-state index in [4.69, 9.17) is 18.0 Å². The molecular formula is C13H13ClN2. The summed E-state index contributed by atoms with van der Waals surface area (Å²) in [4.78, 5) is 3.29. The molecule has 0 aliphatic heterocycles. The molecule has 2 N–H and O–H groups in total. The molecule has 0 amide bonds. The Morgan fingerprint density at radius 1 is 1.38 bits per heavy atom. The zero-order valence-electron chi connectivity index (χ0n) is 8.89. The summed E-state index contributed by atoms with van der Waals surface area (Å²) in [7, 11) is 0. The molecule has 0 fully saturated rings. The van der Waals surface area contributed by atoms with E-state index in [1.807, 2.05) is 24.3 Å². The number of halogens is 1. The predicted octanol–water partition coefficient (Wildman–Crippen LogP) is 2.93. The van der Waals surface area contributed by atoms with Gasteiger partial charge in [0.25, 0.3) is 0 Å². The minimum atomic E-state index is 0.717. The maximum atomic E-state index is 6.26. The van der Waals surface area contributed by atoms with Crippen LogP contribution < -0.4 is 5.32 Å². The molecule has 0 unspecified atom stereocenters. The lowest BCUT2D eigenvalue weighted by molar-refractivity contribution is 0.692. The van der Waals surface area contributed by atoms with E-state index in [9.17, 15) is 0 Å². The van der Waals surface area contributed by atoms with Crippen LogP contribution in [0, 0.1) is 12.3 Å². The smallest absolute Gasteiger partial charge is 0.0705 e. The van der Waals surface area contributed by atoms with Crippen molar-refractivity contribution in [1.29, 1.82) is 0 Å². The molecule has 0 aliphatic rings. The van der Waals surface area contributed by atoms with Crippen molar-refractivity contribution in [2.45, 2.75) is 13.0 Å². The van der Waals surface area contributed by atoms with Gasteiger partial charge in [-0.1, -0.05) is 29.8 Å². The second-order valence-corrected chi connectivity index (χ2v) is 3.97. The second-order valence-electron chi connectivity index (χ2n) is 3.59. The number of benzene rings is 1. The molecule has 16 heavy (non-hydrogen) atoms. The first-order chi connectivity index (χ1) is 7.83. The van der Waals surface area contributed by atoms with Gasteiger partial charge in [0.1, 0.15) is 0 Å². The van der Waals surface area contributed by atoms with Gasteiger partial charge in [-0.25, -0.2) is 0 Å². The fraction of sp³-hybridized carbons (Fsp3) is 0.231. The van der Waals surface area contributed by atoms with Crippen LogP contribution in [0.5, 0.6) is 0 Å². The van der Waals surface area contributed by atoms with Gasteiger partial charge in [-0.05, 0) is 6.07 Å². The lowest BCUT2D eigenvalue weighted by atomic mass is 10.2. The Kier molecular flexibility index (Phi) is 3.51. The summed E-state index contributed by atoms with van der Waals surface area (Å²) in [5.41, 5.74) is 2.08. The molecule has 2 rings (SSSR count). The summed E-state index contributed by atoms with van der Waals surface area (Å²) in [6, 6.07) is 8.01. The molecule has 0 radical (unpaired) electrons. The molecule has 2 nitrogen and oxygen atoms in total. The molecule has 1 aromatic heterocycles. The number of para-hydroxylation sites is 1. The first kappa shape index (κ1) is 11.1. The summed E-state index contributed by atoms with van der Waals surface area (Å²) >= 11 is 6.26. The number of nitrogens with one attached hydrogen (secondary N) is 2. The lowest BCUT2D eigenvalue weighted by Crippen LogP contribution is -2.14. The Hall–Kier alpha value is -1.43. The molecule has 0 spiro atoms. The van der Waals surface area contributed by atoms with Gasteiger partial charge in [0, 0.05) is 36.1 Å². The molecule has 3 heteroatoms. The van der Waals surface area contributed by atoms with Crippen LogP contribution in [-0.4, -0.2) is 11.5 Å². The van der Waals surface area contributed by atoms with Gasteiger partial charge in [-0.2, -0.15) is 0 Å². The van der Waals surface area contributed by atoms with Crippen molar-refractivity contribution in [2.24, 2.45) is 0 Å². The topological polar surface area (TPSA) is 27.8 Å². The number of hydrogen-bond acceptors (Lipinski definition) is 1. The van der Waals surface area contributed by atoms with Crippen molar-refractivity contribution in [1.82, 2.24) is 10.3 Å². The summed E-state index contributed by atoms with van der Waals surface area (Å²) in [6.45, 7) is 1.53. The fourth-order valence-electron chi connectivity index (χ4n) is 1.66. The maximum absolute atomic E-state index is 6.26. The van der Waals surface area contributed by atoms with E-state index >= 15 is 0 Å². The van der Waals surface area contributed by atoms with Gasteiger partial charge in [0.15, 0.2) is 0 Å². The van der Waals surface area contributed by atoms with Crippen molar-refractivity contribution in [3.63, 3.8) is 0 Å². The van der Waals surface area contributed by atoms with Gasteiger partial charge >= 0.3 is 0 Å². The van der Waals surface area contributed by atoms with Crippen LogP contribution >= 0.6 is 11.6 Å². The first-order valence-corrected chi connectivity index (χ1v) is 5.60. The summed E-state index contributed by atoms with van der Waals surface area (Å²) in [6.07, 6.45) is 5.91. The maximum Gasteiger partial charge on any atom is 0.0705 e. The van der Waals surface area contributed by atoms with E-state index in [0.717, 1.165) is 41.1 Å². The summed E-state index contributed by atoms with van der Waals surface area (Å²) in [5.74, 6) is 2.59. The molecule has 0 bridgehead atoms. The van der Waals surface area contributed by atoms with Crippen molar-refractivity contribution < 1.29 is 0 Å². The fourth-order valence-corrected chi connectivity index (χ4v) is 1.94. The average Bonchev–Trinajstić information content (AvgIpc) is 2.63. The highest BCUT2D eigenvalue weighted by Crippen LogP contribution is 2.26. The molecule has 0 aliphatic carbocycles. The number of aromatic nitrogens is 1. The Morgan fingerprint density at radius 2 is 2.19 bits per heavy atom. The molecule has 0 atom stereocenters. The quantitative estimate of drug-likeness (QED) is 0.616. The highest BCUT2D eigenvalue weighted by atomic mass is 35.5. The standard InChI is InChI=1S/C13H13ClN2/c1-2-3-8-15-9-12-13(14)10-6-4-5-7-11(10)16-12/h1,4-7,15-16H,3,8-9H2. The van der Waals surface area contributed by atoms with Crippen molar-refractivity contribution in [2.75, 3.05) is 6.54 Å². The van der Waals surface area contributed by atoms with Crippen LogP contribution in [0.15, 0.2) is 24.3 Å². The zero-order valence-corrected chi connectivity index (χ0v) is 9.64. The number of terminal acetylenes is 1. The van der Waals surface area contributed by atoms with E-state index in [0.29, 0.717) is 0 Å². The van der Waals surface area contributed by atoms with Gasteiger partial charge < -0.3 is 10.3 Å². The lowest BCUT2D eigenvalue weighted by Gasteiger charge is -2.00. The number of aromatic amines is 1. The minimum Gasteiger partial charge on any atom is -0.356 e. The van der Waals surface area contributed by atoms with Gasteiger partial charge in [0.2, 0.25) is 0 Å². The zero-order chi connectivity index (χ0) is 11.4. The summed E-state index contributed by atoms with van der Waals surface area (Å²) < 4.78 is 0. The molecular weight excluding hydrogens is 220 g/mol. The van der Waals surface area contributed by atoms with Crippen LogP contribution in [0.1, 0.15) is 12.1 Å². The third-order valence-corrected chi connectivity index (χ3v) is 2.89. The van der Waals surface area contributed by atoms with E-state index in [-0.39, 0.29) is 0 Å². The molecule has 2 aromatic rings. The third-order valence-electron chi connectivity index (χ3n) is 2.46. The molecule has 0 saturated heterocycles. The number of H-pyrrole nitrogens is 1. The van der Waals surface area contributed by atoms with Crippen molar-refractivity contribution in [3.8, 4) is 12.3 Å². The Balaban J connectivity index is 2.13. The average molecular weight is 233 g/mol. The Bertz CT molecular complexity index is 522. The van der Waals surface area contributed by atoms with E-state index in [2.05, 4.69) is 16.2 Å². The van der Waals surface area contributed by atoms with Crippen LogP contribution in [0.25, 0.3) is 10.9 Å². The van der Waals surface area contributed by atoms with Crippen molar-refractivity contribution in [3.05, 3.63) is 35.0 Å². The number of hydrogen-bond donors (Lipinski definition) is 2. The first-order valence-electron chi connectivity index (χ1n) is 5.22. The highest BCUT2D eigenvalue weighted by molar-refractivity contribution is 6.36. The van der Waals surface area contributed by atoms with Gasteiger partial charge in [-0.3, -0.25) is 0 Å². The predicted molar refractivity (Wildman–Crippen MR) is 68.5 cm³/mol. The SMILES string of the molecule is C#CCCNCc1[nH]c2ccccc2c1Cl. The second kappa shape index (κ2) is 5.07. The van der Waals surface area contributed by atoms with Crippen LogP contribution in [0.2, 0.25) is 5.02 Å². The molecule has 0 saturated carbocycles. The van der Waals surface area contributed by atoms with Gasteiger partial charge in [0.05, 0.1) is 5.02 Å². The normalized spacial score (nSPS) is 10.5. The largest absolute Gasteiger partial charge is 0.356 e. The number of fused-ring (bicyclic) bond motifs is 1. The van der Waals surface area contributed by atoms with E-state index < -0.39 is 0 Å². The van der Waals surface area contributed by atoms with E-state index in [1.165, 1.54) is 0 Å². The Labute approximate surface area is 100.0 Å². The number of rotatable bonds is 4. The van der Waals surface area contributed by atoms with Gasteiger partial charge in [-0.15, -0.1) is 12.3 Å². The summed E-state index contributed by atoms with van der Waals surface area (Å²) in [5, 5.41) is 5.11. The molecule has 1 aromatic carbocycles. The Morgan fingerprint density at radius 3 is 2.94 bits per heavy atom. The van der Waals surface area contributed by atoms with Crippen molar-refractivity contribution >= 4 is 22.5 Å². The van der Waals surface area contributed by atoms with E-state index in [1.54, 1.807) is 0 Å². The van der Waals surface area contributed by atoms with Crippen LogP contribution in [-0.2, 0) is 6.54 Å². The molecule has 1 heterocycles. The van der Waals surface area contributed by atoms with Crippen LogP contribution in [0.3, 0.4) is 0 Å². The highest BCUT2D eigenvalue weighted by Gasteiger charge is 2.07. The monoisotopic (exact) mass is 232 g/mol. The third kappa shape index (κ3) is 2.21. The molecule has 82 valence electrons. The minimum absolute atomic E-state index is 0.717. The van der Waals surface area contributed by atoms with Crippen LogP contribution in [0.4, 0.5) is 0 Å².